The molecular formula is C35H45N3O6S. The molecule has 45 heavy (non-hydrogen) atoms. The van der Waals surface area contributed by atoms with Crippen LogP contribution in [-0.2, 0) is 20.2 Å². The minimum absolute atomic E-state index is 0.0879. The van der Waals surface area contributed by atoms with Gasteiger partial charge in [0.15, 0.2) is 0 Å². The summed E-state index contributed by atoms with van der Waals surface area (Å²) in [7, 11) is -3.70. The summed E-state index contributed by atoms with van der Waals surface area (Å²) in [6.07, 6.45) is 4.12. The van der Waals surface area contributed by atoms with E-state index in [1.54, 1.807) is 18.2 Å². The van der Waals surface area contributed by atoms with E-state index in [9.17, 15) is 23.1 Å². The maximum Gasteiger partial charge on any atom is 0.404 e. The lowest BCUT2D eigenvalue weighted by Gasteiger charge is -2.47. The molecule has 0 radical (unpaired) electrons. The molecule has 2 amide bonds. The van der Waals surface area contributed by atoms with Crippen molar-refractivity contribution >= 4 is 27.7 Å². The fourth-order valence-corrected chi connectivity index (χ4v) is 7.15. The van der Waals surface area contributed by atoms with Crippen LogP contribution in [0.4, 0.5) is 10.5 Å². The molecule has 0 heterocycles. The quantitative estimate of drug-likeness (QED) is 0.183. The fourth-order valence-electron chi connectivity index (χ4n) is 6.70. The molecule has 1 fully saturated rings. The van der Waals surface area contributed by atoms with E-state index in [1.807, 2.05) is 48.5 Å². The first-order valence-electron chi connectivity index (χ1n) is 15.3. The van der Waals surface area contributed by atoms with Crippen molar-refractivity contribution < 1.29 is 27.9 Å². The highest BCUT2D eigenvalue weighted by molar-refractivity contribution is 7.89. The number of hydrogen-bond acceptors (Lipinski definition) is 7. The van der Waals surface area contributed by atoms with Gasteiger partial charge in [0.2, 0.25) is 10.0 Å². The van der Waals surface area contributed by atoms with Crippen LogP contribution < -0.4 is 16.2 Å². The third kappa shape index (κ3) is 8.23. The molecule has 0 saturated heterocycles. The first kappa shape index (κ1) is 34.0. The molecule has 6 N–H and O–H groups in total. The predicted octanol–water partition coefficient (Wildman–Crippen LogP) is 6.18. The number of hydrogen-bond donors (Lipinski definition) is 4. The van der Waals surface area contributed by atoms with Gasteiger partial charge in [-0.2, -0.15) is 0 Å². The number of aliphatic hydroxyl groups is 1. The largest absolute Gasteiger partial charge is 0.450 e. The van der Waals surface area contributed by atoms with Gasteiger partial charge in [0.1, 0.15) is 0 Å². The lowest BCUT2D eigenvalue weighted by molar-refractivity contribution is 0.0508. The van der Waals surface area contributed by atoms with E-state index in [0.717, 1.165) is 59.8 Å². The van der Waals surface area contributed by atoms with Crippen molar-refractivity contribution in [3.05, 3.63) is 89.0 Å². The summed E-state index contributed by atoms with van der Waals surface area (Å²) in [5.41, 5.74) is 15.6. The van der Waals surface area contributed by atoms with Gasteiger partial charge in [-0.3, -0.25) is 4.79 Å². The van der Waals surface area contributed by atoms with Crippen molar-refractivity contribution in [3.8, 4) is 11.1 Å². The number of nitrogens with one attached hydrogen (secondary N) is 1. The number of ether oxygens (including phenoxy) is 1. The third-order valence-corrected chi connectivity index (χ3v) is 9.77. The number of sulfonamides is 1. The number of carbonyl (C=O) groups is 2. The topological polar surface area (TPSA) is 162 Å². The zero-order valence-electron chi connectivity index (χ0n) is 26.5. The summed E-state index contributed by atoms with van der Waals surface area (Å²) in [5, 5.41) is 11.4. The zero-order chi connectivity index (χ0) is 33.0. The Kier molecular flexibility index (Phi) is 10.3. The molecule has 1 aliphatic rings. The van der Waals surface area contributed by atoms with Gasteiger partial charge >= 0.3 is 6.09 Å². The molecule has 3 aromatic carbocycles. The van der Waals surface area contributed by atoms with Gasteiger partial charge in [-0.15, -0.1) is 0 Å². The van der Waals surface area contributed by atoms with Crippen LogP contribution in [0.5, 0.6) is 0 Å². The second-order valence-electron chi connectivity index (χ2n) is 13.2. The highest BCUT2D eigenvalue weighted by Gasteiger charge is 2.45. The Bertz CT molecular complexity index is 1610. The maximum atomic E-state index is 12.9. The maximum absolute atomic E-state index is 12.9. The average Bonchev–Trinajstić information content (AvgIpc) is 3.50. The van der Waals surface area contributed by atoms with Gasteiger partial charge in [-0.25, -0.2) is 17.9 Å². The molecule has 2 atom stereocenters. The number of anilines is 1. The van der Waals surface area contributed by atoms with Gasteiger partial charge in [0.05, 0.1) is 19.0 Å². The summed E-state index contributed by atoms with van der Waals surface area (Å²) in [4.78, 5) is 24.4. The molecule has 10 heteroatoms. The molecule has 9 nitrogen and oxygen atoms in total. The molecule has 242 valence electrons. The lowest BCUT2D eigenvalue weighted by Crippen LogP contribution is -2.43. The Morgan fingerprint density at radius 2 is 1.58 bits per heavy atom. The monoisotopic (exact) mass is 635 g/mol. The molecule has 0 aromatic heterocycles. The van der Waals surface area contributed by atoms with Crippen molar-refractivity contribution in [1.82, 2.24) is 4.72 Å². The summed E-state index contributed by atoms with van der Waals surface area (Å²) in [5.74, 6) is -0.438. The van der Waals surface area contributed by atoms with Crippen LogP contribution in [-0.4, -0.2) is 38.4 Å². The van der Waals surface area contributed by atoms with Crippen LogP contribution in [0.1, 0.15) is 98.4 Å². The number of carbonyl (C=O) groups excluding carboxylic acids is 2. The van der Waals surface area contributed by atoms with Crippen molar-refractivity contribution in [2.75, 3.05) is 18.6 Å². The molecule has 3 aromatic rings. The Morgan fingerprint density at radius 1 is 0.978 bits per heavy atom. The molecule has 0 bridgehead atoms. The molecule has 1 aliphatic carbocycles. The van der Waals surface area contributed by atoms with E-state index in [1.165, 1.54) is 0 Å². The Hall–Kier alpha value is -3.89. The molecule has 1 unspecified atom stereocenters. The molecular weight excluding hydrogens is 590 g/mol. The lowest BCUT2D eigenvalue weighted by atomic mass is 9.58. The summed E-state index contributed by atoms with van der Waals surface area (Å²) < 4.78 is 30.9. The van der Waals surface area contributed by atoms with Gasteiger partial charge in [0.25, 0.3) is 5.91 Å². The van der Waals surface area contributed by atoms with Crippen LogP contribution in [0.25, 0.3) is 11.1 Å². The van der Waals surface area contributed by atoms with Crippen molar-refractivity contribution in [1.29, 1.82) is 0 Å². The van der Waals surface area contributed by atoms with Crippen LogP contribution in [0.15, 0.2) is 66.7 Å². The highest BCUT2D eigenvalue weighted by Crippen LogP contribution is 2.50. The smallest absolute Gasteiger partial charge is 0.404 e. The van der Waals surface area contributed by atoms with E-state index in [0.29, 0.717) is 24.1 Å². The summed E-state index contributed by atoms with van der Waals surface area (Å²) in [6, 6.07) is 20.8. The van der Waals surface area contributed by atoms with Crippen LogP contribution >= 0.6 is 0 Å². The molecule has 0 spiro atoms. The number of aliphatic hydroxyl groups excluding tert-OH is 1. The highest BCUT2D eigenvalue weighted by atomic mass is 32.2. The van der Waals surface area contributed by atoms with Crippen molar-refractivity contribution in [3.63, 3.8) is 0 Å². The predicted molar refractivity (Wildman–Crippen MR) is 177 cm³/mol. The van der Waals surface area contributed by atoms with E-state index < -0.39 is 33.5 Å². The third-order valence-electron chi connectivity index (χ3n) is 9.21. The molecule has 0 aliphatic heterocycles. The van der Waals surface area contributed by atoms with Gasteiger partial charge in [0, 0.05) is 16.7 Å². The Morgan fingerprint density at radius 3 is 2.13 bits per heavy atom. The van der Waals surface area contributed by atoms with Gasteiger partial charge < -0.3 is 21.3 Å². The van der Waals surface area contributed by atoms with Crippen molar-refractivity contribution in [2.24, 2.45) is 11.1 Å². The molecule has 4 rings (SSSR count). The minimum atomic E-state index is -3.70. The zero-order valence-corrected chi connectivity index (χ0v) is 27.3. The van der Waals surface area contributed by atoms with Crippen molar-refractivity contribution in [2.45, 2.75) is 76.7 Å². The molecule has 1 saturated carbocycles. The SMILES string of the molecule is CC(C)(C)C(CCOC(N)=O)(C[C@@H](O)c1ccc(N)cc1)c1ccc(-c2ccc(C(=O)NS(C)(=O)=O)c(C3CCCC3)c2)cc1. The normalized spacial score (nSPS) is 16.1. The first-order valence-corrected chi connectivity index (χ1v) is 17.2. The number of rotatable bonds is 11. The first-order chi connectivity index (χ1) is 21.1. The number of nitrogens with two attached hydrogens (primary N) is 2. The van der Waals surface area contributed by atoms with Crippen LogP contribution in [0.3, 0.4) is 0 Å². The second kappa shape index (κ2) is 13.6. The fraction of sp³-hybridized carbons (Fsp3) is 0.429. The number of primary amides is 1. The van der Waals surface area contributed by atoms with Gasteiger partial charge in [-0.1, -0.05) is 82.1 Å². The summed E-state index contributed by atoms with van der Waals surface area (Å²) in [6.45, 7) is 6.41. The van der Waals surface area contributed by atoms with E-state index >= 15 is 0 Å². The van der Waals surface area contributed by atoms with E-state index in [2.05, 4.69) is 25.5 Å². The number of nitrogen functional groups attached to an aromatic ring is 1. The Balaban J connectivity index is 1.73. The number of amides is 2. The van der Waals surface area contributed by atoms with Crippen LogP contribution in [0.2, 0.25) is 0 Å². The van der Waals surface area contributed by atoms with E-state index in [4.69, 9.17) is 16.2 Å². The summed E-state index contributed by atoms with van der Waals surface area (Å²) >= 11 is 0. The minimum Gasteiger partial charge on any atom is -0.450 e. The Labute approximate surface area is 266 Å². The number of benzene rings is 3. The standard InChI is InChI=1S/C35H45N3O6S/c1-34(2,3)35(19-20-44-33(37)41,22-31(39)25-11-16-28(36)17-12-25)27-14-9-23(10-15-27)26-13-18-29(32(40)38-45(4,42)43)30(21-26)24-7-5-6-8-24/h9-18,21,24,31,39H,5-8,19-20,22,36H2,1-4H3,(H2,37,41)(H,38,40)/t31-,35?/m1/s1. The second-order valence-corrected chi connectivity index (χ2v) is 14.9. The van der Waals surface area contributed by atoms with Gasteiger partial charge in [-0.05, 0) is 83.0 Å². The average molecular weight is 636 g/mol. The van der Waals surface area contributed by atoms with E-state index in [-0.39, 0.29) is 17.9 Å². The van der Waals surface area contributed by atoms with Crippen LogP contribution in [0, 0.1) is 5.41 Å².